The van der Waals surface area contributed by atoms with Crippen molar-refractivity contribution in [1.29, 1.82) is 0 Å². The number of rotatable bonds is 6. The first kappa shape index (κ1) is 20.3. The van der Waals surface area contributed by atoms with Gasteiger partial charge in [-0.3, -0.25) is 9.78 Å². The van der Waals surface area contributed by atoms with Crippen LogP contribution in [-0.2, 0) is 6.61 Å². The number of halogens is 1. The molecule has 31 heavy (non-hydrogen) atoms. The Morgan fingerprint density at radius 2 is 1.90 bits per heavy atom. The standard InChI is InChI=1S/C21H17ClN4O5/c22-15-3-2-14(29-10-12-5-6-24-17(7-12)20(23)27)9-16(15)26-21(28)25-13-1-4-18-19(8-13)31-11-30-18/h1-9H,10-11H2,(H2,23,27)(H2,25,26,28). The van der Waals surface area contributed by atoms with E-state index in [1.54, 1.807) is 48.5 Å². The molecule has 0 fully saturated rings. The zero-order valence-electron chi connectivity index (χ0n) is 16.1. The van der Waals surface area contributed by atoms with Crippen molar-refractivity contribution in [3.63, 3.8) is 0 Å². The smallest absolute Gasteiger partial charge is 0.323 e. The highest BCUT2D eigenvalue weighted by Gasteiger charge is 2.15. The van der Waals surface area contributed by atoms with Crippen LogP contribution in [0.5, 0.6) is 17.2 Å². The molecule has 10 heteroatoms. The number of nitrogens with zero attached hydrogens (tertiary/aromatic N) is 1. The van der Waals surface area contributed by atoms with Crippen LogP contribution in [-0.4, -0.2) is 23.7 Å². The number of nitrogens with one attached hydrogen (secondary N) is 2. The van der Waals surface area contributed by atoms with Gasteiger partial charge >= 0.3 is 6.03 Å². The Morgan fingerprint density at radius 1 is 1.06 bits per heavy atom. The van der Waals surface area contributed by atoms with Gasteiger partial charge in [-0.2, -0.15) is 0 Å². The molecule has 0 radical (unpaired) electrons. The summed E-state index contributed by atoms with van der Waals surface area (Å²) in [7, 11) is 0. The molecule has 0 saturated heterocycles. The van der Waals surface area contributed by atoms with Crippen molar-refractivity contribution in [3.8, 4) is 17.2 Å². The topological polar surface area (TPSA) is 125 Å². The zero-order chi connectivity index (χ0) is 21.8. The number of carbonyl (C=O) groups is 2. The fraction of sp³-hybridized carbons (Fsp3) is 0.0952. The van der Waals surface area contributed by atoms with Gasteiger partial charge in [-0.25, -0.2) is 4.79 Å². The molecule has 4 N–H and O–H groups in total. The number of hydrogen-bond acceptors (Lipinski definition) is 6. The lowest BCUT2D eigenvalue weighted by Gasteiger charge is -2.12. The number of aromatic nitrogens is 1. The van der Waals surface area contributed by atoms with Crippen LogP contribution < -0.4 is 30.6 Å². The Balaban J connectivity index is 1.40. The Morgan fingerprint density at radius 3 is 2.74 bits per heavy atom. The Kier molecular flexibility index (Phi) is 5.76. The van der Waals surface area contributed by atoms with E-state index in [-0.39, 0.29) is 19.1 Å². The summed E-state index contributed by atoms with van der Waals surface area (Å²) in [6.07, 6.45) is 1.48. The average Bonchev–Trinajstić information content (AvgIpc) is 3.22. The molecule has 1 aromatic heterocycles. The van der Waals surface area contributed by atoms with Gasteiger partial charge in [0.15, 0.2) is 11.5 Å². The van der Waals surface area contributed by atoms with Crippen molar-refractivity contribution >= 4 is 34.9 Å². The molecule has 2 heterocycles. The normalized spacial score (nSPS) is 11.6. The minimum absolute atomic E-state index is 0.150. The molecule has 3 aromatic rings. The van der Waals surface area contributed by atoms with Crippen LogP contribution in [0.2, 0.25) is 5.02 Å². The molecule has 3 amide bonds. The van der Waals surface area contributed by atoms with Gasteiger partial charge in [-0.05, 0) is 42.0 Å². The van der Waals surface area contributed by atoms with Crippen LogP contribution in [0.1, 0.15) is 16.1 Å². The number of fused-ring (bicyclic) bond motifs is 1. The van der Waals surface area contributed by atoms with Crippen LogP contribution in [0.4, 0.5) is 16.2 Å². The predicted molar refractivity (Wildman–Crippen MR) is 114 cm³/mol. The number of pyridine rings is 1. The second-order valence-electron chi connectivity index (χ2n) is 6.49. The van der Waals surface area contributed by atoms with Gasteiger partial charge in [0.2, 0.25) is 6.79 Å². The number of ether oxygens (including phenoxy) is 3. The van der Waals surface area contributed by atoms with Gasteiger partial charge in [-0.15, -0.1) is 0 Å². The van der Waals surface area contributed by atoms with Gasteiger partial charge < -0.3 is 30.6 Å². The summed E-state index contributed by atoms with van der Waals surface area (Å²) < 4.78 is 16.3. The lowest BCUT2D eigenvalue weighted by atomic mass is 10.2. The molecule has 4 rings (SSSR count). The van der Waals surface area contributed by atoms with Crippen LogP contribution in [0.25, 0.3) is 0 Å². The Hall–Kier alpha value is -3.98. The van der Waals surface area contributed by atoms with E-state index in [2.05, 4.69) is 15.6 Å². The molecule has 0 atom stereocenters. The SMILES string of the molecule is NC(=O)c1cc(COc2ccc(Cl)c(NC(=O)Nc3ccc4c(c3)OCO4)c2)ccn1. The van der Waals surface area contributed by atoms with Crippen LogP contribution in [0.3, 0.4) is 0 Å². The highest BCUT2D eigenvalue weighted by atomic mass is 35.5. The molecule has 0 unspecified atom stereocenters. The third kappa shape index (κ3) is 4.96. The Labute approximate surface area is 182 Å². The molecule has 0 saturated carbocycles. The molecule has 0 bridgehead atoms. The van der Waals surface area contributed by atoms with Crippen LogP contribution >= 0.6 is 11.6 Å². The highest BCUT2D eigenvalue weighted by Crippen LogP contribution is 2.34. The molecule has 9 nitrogen and oxygen atoms in total. The first-order valence-electron chi connectivity index (χ1n) is 9.13. The maximum absolute atomic E-state index is 12.4. The van der Waals surface area contributed by atoms with Gasteiger partial charge in [0.05, 0.1) is 10.7 Å². The third-order valence-electron chi connectivity index (χ3n) is 4.30. The summed E-state index contributed by atoms with van der Waals surface area (Å²) in [4.78, 5) is 27.5. The van der Waals surface area contributed by atoms with E-state index in [4.69, 9.17) is 31.5 Å². The quantitative estimate of drug-likeness (QED) is 0.535. The van der Waals surface area contributed by atoms with Crippen molar-refractivity contribution in [2.75, 3.05) is 17.4 Å². The van der Waals surface area contributed by atoms with E-state index >= 15 is 0 Å². The molecular formula is C21H17ClN4O5. The number of hydrogen-bond donors (Lipinski definition) is 3. The predicted octanol–water partition coefficient (Wildman–Crippen LogP) is 3.79. The number of carbonyl (C=O) groups excluding carboxylic acids is 2. The number of primary amides is 1. The minimum atomic E-state index is -0.617. The average molecular weight is 441 g/mol. The van der Waals surface area contributed by atoms with E-state index in [0.29, 0.717) is 39.2 Å². The molecule has 0 spiro atoms. The fourth-order valence-electron chi connectivity index (χ4n) is 2.81. The first-order valence-corrected chi connectivity index (χ1v) is 9.50. The summed E-state index contributed by atoms with van der Waals surface area (Å²) in [5.41, 5.74) is 7.01. The van der Waals surface area contributed by atoms with Gasteiger partial charge in [0.25, 0.3) is 5.91 Å². The molecule has 2 aromatic carbocycles. The van der Waals surface area contributed by atoms with E-state index in [0.717, 1.165) is 0 Å². The van der Waals surface area contributed by atoms with Crippen LogP contribution in [0, 0.1) is 0 Å². The Bertz CT molecular complexity index is 1150. The summed E-state index contributed by atoms with van der Waals surface area (Å²) >= 11 is 6.20. The summed E-state index contributed by atoms with van der Waals surface area (Å²) in [6.45, 7) is 0.323. The van der Waals surface area contributed by atoms with Gasteiger partial charge in [0, 0.05) is 24.0 Å². The fourth-order valence-corrected chi connectivity index (χ4v) is 2.98. The number of nitrogens with two attached hydrogens (primary N) is 1. The summed E-state index contributed by atoms with van der Waals surface area (Å²) in [5.74, 6) is 1.03. The van der Waals surface area contributed by atoms with E-state index in [1.807, 2.05) is 0 Å². The number of amides is 3. The van der Waals surface area contributed by atoms with Crippen molar-refractivity contribution in [2.24, 2.45) is 5.73 Å². The number of urea groups is 1. The second kappa shape index (κ2) is 8.80. The zero-order valence-corrected chi connectivity index (χ0v) is 16.8. The van der Waals surface area contributed by atoms with Crippen molar-refractivity contribution in [2.45, 2.75) is 6.61 Å². The first-order chi connectivity index (χ1) is 15.0. The van der Waals surface area contributed by atoms with Gasteiger partial charge in [0.1, 0.15) is 18.1 Å². The molecule has 1 aliphatic rings. The van der Waals surface area contributed by atoms with E-state index < -0.39 is 11.9 Å². The summed E-state index contributed by atoms with van der Waals surface area (Å²) in [5, 5.41) is 5.73. The number of benzene rings is 2. The third-order valence-corrected chi connectivity index (χ3v) is 4.63. The highest BCUT2D eigenvalue weighted by molar-refractivity contribution is 6.33. The van der Waals surface area contributed by atoms with E-state index in [1.165, 1.54) is 6.20 Å². The van der Waals surface area contributed by atoms with Crippen LogP contribution in [0.15, 0.2) is 54.7 Å². The maximum atomic E-state index is 12.4. The molecule has 0 aliphatic carbocycles. The number of anilines is 2. The van der Waals surface area contributed by atoms with E-state index in [9.17, 15) is 9.59 Å². The van der Waals surface area contributed by atoms with Gasteiger partial charge in [-0.1, -0.05) is 11.6 Å². The maximum Gasteiger partial charge on any atom is 0.323 e. The minimum Gasteiger partial charge on any atom is -0.489 e. The van der Waals surface area contributed by atoms with Crippen molar-refractivity contribution in [1.82, 2.24) is 4.98 Å². The largest absolute Gasteiger partial charge is 0.489 e. The molecule has 1 aliphatic heterocycles. The molecule has 158 valence electrons. The summed E-state index contributed by atoms with van der Waals surface area (Å²) in [6, 6.07) is 12.7. The monoisotopic (exact) mass is 440 g/mol. The molecular weight excluding hydrogens is 424 g/mol. The van der Waals surface area contributed by atoms with Crippen molar-refractivity contribution in [3.05, 3.63) is 71.0 Å². The van der Waals surface area contributed by atoms with Crippen molar-refractivity contribution < 1.29 is 23.8 Å². The lowest BCUT2D eigenvalue weighted by Crippen LogP contribution is -2.19. The lowest BCUT2D eigenvalue weighted by molar-refractivity contribution is 0.0995. The second-order valence-corrected chi connectivity index (χ2v) is 6.90.